The molecule has 136 valence electrons. The topological polar surface area (TPSA) is 60.5 Å². The van der Waals surface area contributed by atoms with Crippen molar-refractivity contribution >= 4 is 27.5 Å². The van der Waals surface area contributed by atoms with E-state index in [1.165, 1.54) is 6.92 Å². The molecule has 1 unspecified atom stereocenters. The zero-order valence-corrected chi connectivity index (χ0v) is 15.9. The van der Waals surface area contributed by atoms with Crippen molar-refractivity contribution in [3.63, 3.8) is 0 Å². The van der Waals surface area contributed by atoms with E-state index in [0.717, 1.165) is 32.3 Å². The van der Waals surface area contributed by atoms with Gasteiger partial charge in [-0.05, 0) is 55.8 Å². The quantitative estimate of drug-likeness (QED) is 0.666. The van der Waals surface area contributed by atoms with Gasteiger partial charge in [0.25, 0.3) is 0 Å². The van der Waals surface area contributed by atoms with Crippen molar-refractivity contribution in [1.82, 2.24) is 10.3 Å². The number of rotatable bonds is 7. The number of amides is 1. The summed E-state index contributed by atoms with van der Waals surface area (Å²) in [5.74, 6) is 1.59. The summed E-state index contributed by atoms with van der Waals surface area (Å²) in [6, 6.07) is 13.6. The van der Waals surface area contributed by atoms with Crippen LogP contribution in [-0.4, -0.2) is 17.5 Å². The van der Waals surface area contributed by atoms with Crippen LogP contribution in [0.5, 0.6) is 11.5 Å². The Hall–Kier alpha value is -2.60. The van der Waals surface area contributed by atoms with Crippen LogP contribution >= 0.6 is 11.3 Å². The summed E-state index contributed by atoms with van der Waals surface area (Å²) in [5, 5.41) is 3.77. The van der Waals surface area contributed by atoms with E-state index in [9.17, 15) is 4.79 Å². The highest BCUT2D eigenvalue weighted by Gasteiger charge is 2.12. The molecular formula is C20H22N2O3S. The SMILES string of the molecule is CCOc1ccc(OCc2ccc3nc(C(C)NC(C)=O)sc3c2)cc1. The highest BCUT2D eigenvalue weighted by molar-refractivity contribution is 7.18. The smallest absolute Gasteiger partial charge is 0.217 e. The molecule has 26 heavy (non-hydrogen) atoms. The van der Waals surface area contributed by atoms with Crippen LogP contribution in [0.15, 0.2) is 42.5 Å². The molecule has 0 fully saturated rings. The number of fused-ring (bicyclic) bond motifs is 1. The third-order valence-electron chi connectivity index (χ3n) is 3.80. The fourth-order valence-corrected chi connectivity index (χ4v) is 3.63. The molecule has 0 spiro atoms. The molecule has 6 heteroatoms. The van der Waals surface area contributed by atoms with Crippen molar-refractivity contribution in [3.8, 4) is 11.5 Å². The molecule has 1 atom stereocenters. The van der Waals surface area contributed by atoms with Gasteiger partial charge >= 0.3 is 0 Å². The Balaban J connectivity index is 1.67. The summed E-state index contributed by atoms with van der Waals surface area (Å²) >= 11 is 1.59. The lowest BCUT2D eigenvalue weighted by Crippen LogP contribution is -2.23. The number of nitrogens with one attached hydrogen (secondary N) is 1. The van der Waals surface area contributed by atoms with E-state index in [-0.39, 0.29) is 11.9 Å². The van der Waals surface area contributed by atoms with Crippen molar-refractivity contribution in [2.45, 2.75) is 33.4 Å². The molecule has 0 saturated carbocycles. The van der Waals surface area contributed by atoms with Crippen LogP contribution in [0.2, 0.25) is 0 Å². The van der Waals surface area contributed by atoms with E-state index < -0.39 is 0 Å². The number of aromatic nitrogens is 1. The van der Waals surface area contributed by atoms with Gasteiger partial charge in [0, 0.05) is 6.92 Å². The lowest BCUT2D eigenvalue weighted by atomic mass is 10.2. The minimum Gasteiger partial charge on any atom is -0.494 e. The van der Waals surface area contributed by atoms with Crippen molar-refractivity contribution in [2.24, 2.45) is 0 Å². The van der Waals surface area contributed by atoms with Crippen LogP contribution < -0.4 is 14.8 Å². The minimum atomic E-state index is -0.0894. The second kappa shape index (κ2) is 8.19. The minimum absolute atomic E-state index is 0.0544. The first-order valence-electron chi connectivity index (χ1n) is 8.57. The monoisotopic (exact) mass is 370 g/mol. The fourth-order valence-electron chi connectivity index (χ4n) is 2.59. The molecule has 0 saturated heterocycles. The van der Waals surface area contributed by atoms with Gasteiger partial charge in [0.15, 0.2) is 0 Å². The number of nitrogens with zero attached hydrogens (tertiary/aromatic N) is 1. The number of thiazole rings is 1. The molecule has 1 heterocycles. The number of hydrogen-bond acceptors (Lipinski definition) is 5. The number of carbonyl (C=O) groups is 1. The fraction of sp³-hybridized carbons (Fsp3) is 0.300. The maximum Gasteiger partial charge on any atom is 0.217 e. The summed E-state index contributed by atoms with van der Waals surface area (Å²) in [5.41, 5.74) is 2.01. The molecular weight excluding hydrogens is 348 g/mol. The van der Waals surface area contributed by atoms with Crippen LogP contribution in [0.1, 0.15) is 37.4 Å². The molecule has 0 aliphatic carbocycles. The Bertz CT molecular complexity index is 890. The molecule has 3 aromatic rings. The van der Waals surface area contributed by atoms with Gasteiger partial charge in [-0.2, -0.15) is 0 Å². The molecule has 0 bridgehead atoms. The Kier molecular flexibility index (Phi) is 5.73. The average molecular weight is 370 g/mol. The third-order valence-corrected chi connectivity index (χ3v) is 5.00. The van der Waals surface area contributed by atoms with Crippen LogP contribution in [-0.2, 0) is 11.4 Å². The maximum atomic E-state index is 11.2. The summed E-state index contributed by atoms with van der Waals surface area (Å²) in [4.78, 5) is 15.8. The summed E-state index contributed by atoms with van der Waals surface area (Å²) < 4.78 is 12.4. The van der Waals surface area contributed by atoms with Gasteiger partial charge in [0.2, 0.25) is 5.91 Å². The molecule has 5 nitrogen and oxygen atoms in total. The Morgan fingerprint density at radius 3 is 2.50 bits per heavy atom. The predicted molar refractivity (Wildman–Crippen MR) is 104 cm³/mol. The van der Waals surface area contributed by atoms with Crippen molar-refractivity contribution in [1.29, 1.82) is 0 Å². The predicted octanol–water partition coefficient (Wildman–Crippen LogP) is 4.47. The van der Waals surface area contributed by atoms with E-state index in [4.69, 9.17) is 9.47 Å². The van der Waals surface area contributed by atoms with Gasteiger partial charge in [-0.3, -0.25) is 4.79 Å². The van der Waals surface area contributed by atoms with E-state index >= 15 is 0 Å². The Morgan fingerprint density at radius 2 is 1.85 bits per heavy atom. The van der Waals surface area contributed by atoms with Gasteiger partial charge < -0.3 is 14.8 Å². The lowest BCUT2D eigenvalue weighted by Gasteiger charge is -2.08. The standard InChI is InChI=1S/C20H22N2O3S/c1-4-24-16-6-8-17(9-7-16)25-12-15-5-10-18-19(11-15)26-20(22-18)13(2)21-14(3)23/h5-11,13H,4,12H2,1-3H3,(H,21,23). The number of benzene rings is 2. The summed E-state index contributed by atoms with van der Waals surface area (Å²) in [6.45, 7) is 6.55. The highest BCUT2D eigenvalue weighted by Crippen LogP contribution is 2.28. The molecule has 0 radical (unpaired) electrons. The average Bonchev–Trinajstić information content (AvgIpc) is 3.04. The second-order valence-electron chi connectivity index (χ2n) is 5.97. The number of ether oxygens (including phenoxy) is 2. The van der Waals surface area contributed by atoms with Gasteiger partial charge in [-0.25, -0.2) is 4.98 Å². The summed E-state index contributed by atoms with van der Waals surface area (Å²) in [7, 11) is 0. The first-order chi connectivity index (χ1) is 12.5. The van der Waals surface area contributed by atoms with E-state index in [2.05, 4.69) is 16.4 Å². The number of hydrogen-bond donors (Lipinski definition) is 1. The van der Waals surface area contributed by atoms with E-state index in [1.54, 1.807) is 11.3 Å². The molecule has 0 aliphatic rings. The Labute approximate surface area is 157 Å². The van der Waals surface area contributed by atoms with Gasteiger partial charge in [0.1, 0.15) is 23.1 Å². The molecule has 3 rings (SSSR count). The van der Waals surface area contributed by atoms with Gasteiger partial charge in [-0.15, -0.1) is 11.3 Å². The Morgan fingerprint density at radius 1 is 1.15 bits per heavy atom. The van der Waals surface area contributed by atoms with Crippen molar-refractivity contribution < 1.29 is 14.3 Å². The van der Waals surface area contributed by atoms with Crippen LogP contribution in [0, 0.1) is 0 Å². The second-order valence-corrected chi connectivity index (χ2v) is 7.03. The van der Waals surface area contributed by atoms with Gasteiger partial charge in [-0.1, -0.05) is 6.07 Å². The first-order valence-corrected chi connectivity index (χ1v) is 9.39. The van der Waals surface area contributed by atoms with Crippen molar-refractivity contribution in [3.05, 3.63) is 53.0 Å². The molecule has 1 N–H and O–H groups in total. The molecule has 2 aromatic carbocycles. The number of carbonyl (C=O) groups excluding carboxylic acids is 1. The van der Waals surface area contributed by atoms with Crippen molar-refractivity contribution in [2.75, 3.05) is 6.61 Å². The maximum absolute atomic E-state index is 11.2. The van der Waals surface area contributed by atoms with Crippen LogP contribution in [0.4, 0.5) is 0 Å². The third kappa shape index (κ3) is 4.52. The zero-order chi connectivity index (χ0) is 18.5. The highest BCUT2D eigenvalue weighted by atomic mass is 32.1. The zero-order valence-electron chi connectivity index (χ0n) is 15.1. The van der Waals surface area contributed by atoms with Crippen LogP contribution in [0.25, 0.3) is 10.2 Å². The normalized spacial score (nSPS) is 12.0. The van der Waals surface area contributed by atoms with Gasteiger partial charge in [0.05, 0.1) is 22.9 Å². The van der Waals surface area contributed by atoms with E-state index in [1.807, 2.05) is 50.2 Å². The molecule has 1 amide bonds. The first kappa shape index (κ1) is 18.2. The van der Waals surface area contributed by atoms with E-state index in [0.29, 0.717) is 13.2 Å². The molecule has 0 aliphatic heterocycles. The lowest BCUT2D eigenvalue weighted by molar-refractivity contribution is -0.119. The van der Waals surface area contributed by atoms with Crippen LogP contribution in [0.3, 0.4) is 0 Å². The molecule has 1 aromatic heterocycles. The largest absolute Gasteiger partial charge is 0.494 e. The summed E-state index contributed by atoms with van der Waals surface area (Å²) in [6.07, 6.45) is 0.